The first-order valence-electron chi connectivity index (χ1n) is 8.07. The summed E-state index contributed by atoms with van der Waals surface area (Å²) in [5.74, 6) is 0. The fourth-order valence-electron chi connectivity index (χ4n) is 2.79. The van der Waals surface area contributed by atoms with Gasteiger partial charge in [-0.1, -0.05) is 19.8 Å². The van der Waals surface area contributed by atoms with E-state index in [2.05, 4.69) is 53.1 Å². The van der Waals surface area contributed by atoms with Gasteiger partial charge in [-0.15, -0.1) is 0 Å². The van der Waals surface area contributed by atoms with Crippen LogP contribution in [0.3, 0.4) is 0 Å². The van der Waals surface area contributed by atoms with E-state index in [-0.39, 0.29) is 0 Å². The Bertz CT molecular complexity index is 712. The minimum Gasteiger partial charge on any atom is -0.360 e. The van der Waals surface area contributed by atoms with Crippen LogP contribution in [0.5, 0.6) is 0 Å². The maximum atomic E-state index is 4.66. The molecule has 2 aromatic rings. The van der Waals surface area contributed by atoms with E-state index in [4.69, 9.17) is 0 Å². The molecular weight excluding hydrogens is 270 g/mol. The Morgan fingerprint density at radius 2 is 2.14 bits per heavy atom. The van der Waals surface area contributed by atoms with Crippen molar-refractivity contribution in [1.82, 2.24) is 9.97 Å². The summed E-state index contributed by atoms with van der Waals surface area (Å²) in [4.78, 5) is 11.3. The molecule has 0 fully saturated rings. The van der Waals surface area contributed by atoms with E-state index in [1.807, 2.05) is 18.3 Å². The number of hydrogen-bond donors (Lipinski definition) is 2. The van der Waals surface area contributed by atoms with Gasteiger partial charge in [0.2, 0.25) is 0 Å². The molecule has 22 heavy (non-hydrogen) atoms. The van der Waals surface area contributed by atoms with Gasteiger partial charge in [0.15, 0.2) is 0 Å². The van der Waals surface area contributed by atoms with Crippen molar-refractivity contribution < 1.29 is 0 Å². The van der Waals surface area contributed by atoms with Gasteiger partial charge in [0, 0.05) is 17.6 Å². The largest absolute Gasteiger partial charge is 0.360 e. The van der Waals surface area contributed by atoms with Gasteiger partial charge in [-0.2, -0.15) is 0 Å². The number of nitrogens with one attached hydrogen (secondary N) is 2. The lowest BCUT2D eigenvalue weighted by atomic mass is 10.1. The highest BCUT2D eigenvalue weighted by atomic mass is 14.8. The zero-order valence-corrected chi connectivity index (χ0v) is 13.3. The number of aliphatic imine (C=N–C) groups is 1. The molecule has 0 aromatic carbocycles. The van der Waals surface area contributed by atoms with Crippen LogP contribution in [0.1, 0.15) is 48.8 Å². The topological polar surface area (TPSA) is 43.9 Å². The molecule has 3 nitrogen and oxygen atoms in total. The van der Waals surface area contributed by atoms with E-state index in [1.165, 1.54) is 30.5 Å². The first-order valence-corrected chi connectivity index (χ1v) is 8.07. The molecule has 0 aliphatic carbocycles. The summed E-state index contributed by atoms with van der Waals surface area (Å²) in [7, 11) is 0. The Hall–Kier alpha value is -2.29. The standard InChI is InChI=1S/C19H23N3/c1-3-4-5-7-15-12-17(21-14(15)2)13-16-9-10-19(22-16)18-8-6-11-20-18/h6,8-13,20-21H,3-5,7H2,1-2H3. The highest BCUT2D eigenvalue weighted by Gasteiger charge is 2.08. The number of H-pyrrole nitrogens is 2. The second-order valence-electron chi connectivity index (χ2n) is 5.82. The fraction of sp³-hybridized carbons (Fsp3) is 0.316. The van der Waals surface area contributed by atoms with Crippen molar-refractivity contribution in [2.24, 2.45) is 4.99 Å². The molecular formula is C19H23N3. The molecule has 3 heterocycles. The monoisotopic (exact) mass is 293 g/mol. The fourth-order valence-corrected chi connectivity index (χ4v) is 2.79. The second-order valence-corrected chi connectivity index (χ2v) is 5.82. The number of hydrogen-bond acceptors (Lipinski definition) is 1. The molecule has 3 heteroatoms. The van der Waals surface area contributed by atoms with Gasteiger partial charge < -0.3 is 9.97 Å². The van der Waals surface area contributed by atoms with Crippen LogP contribution >= 0.6 is 0 Å². The molecule has 0 saturated heterocycles. The van der Waals surface area contributed by atoms with E-state index >= 15 is 0 Å². The average molecular weight is 293 g/mol. The number of allylic oxidation sites excluding steroid dienone is 2. The molecule has 1 aliphatic heterocycles. The van der Waals surface area contributed by atoms with Gasteiger partial charge >= 0.3 is 0 Å². The highest BCUT2D eigenvalue weighted by molar-refractivity contribution is 6.10. The maximum Gasteiger partial charge on any atom is 0.0872 e. The van der Waals surface area contributed by atoms with E-state index in [0.717, 1.165) is 29.2 Å². The Balaban J connectivity index is 1.73. The molecule has 0 amide bonds. The second kappa shape index (κ2) is 6.65. The number of aromatic nitrogens is 2. The Labute approximate surface area is 131 Å². The lowest BCUT2D eigenvalue weighted by Gasteiger charge is -1.97. The third-order valence-corrected chi connectivity index (χ3v) is 4.03. The normalized spacial score (nSPS) is 15.7. The lowest BCUT2D eigenvalue weighted by Crippen LogP contribution is -1.92. The van der Waals surface area contributed by atoms with Crippen LogP contribution in [-0.2, 0) is 6.42 Å². The molecule has 114 valence electrons. The lowest BCUT2D eigenvalue weighted by molar-refractivity contribution is 0.715. The van der Waals surface area contributed by atoms with Crippen LogP contribution in [0.2, 0.25) is 0 Å². The van der Waals surface area contributed by atoms with Crippen LogP contribution in [-0.4, -0.2) is 15.7 Å². The Morgan fingerprint density at radius 1 is 1.23 bits per heavy atom. The molecule has 0 saturated carbocycles. The maximum absolute atomic E-state index is 4.66. The quantitative estimate of drug-likeness (QED) is 0.720. The number of aryl methyl sites for hydroxylation is 2. The van der Waals surface area contributed by atoms with Crippen LogP contribution < -0.4 is 0 Å². The van der Waals surface area contributed by atoms with Gasteiger partial charge in [0.1, 0.15) is 0 Å². The van der Waals surface area contributed by atoms with Gasteiger partial charge in [-0.3, -0.25) is 0 Å². The predicted molar refractivity (Wildman–Crippen MR) is 93.2 cm³/mol. The summed E-state index contributed by atoms with van der Waals surface area (Å²) < 4.78 is 0. The van der Waals surface area contributed by atoms with Crippen LogP contribution in [0, 0.1) is 6.92 Å². The van der Waals surface area contributed by atoms with Gasteiger partial charge in [-0.05, 0) is 61.8 Å². The van der Waals surface area contributed by atoms with Gasteiger partial charge in [0.05, 0.1) is 17.1 Å². The van der Waals surface area contributed by atoms with E-state index < -0.39 is 0 Å². The first kappa shape index (κ1) is 14.6. The van der Waals surface area contributed by atoms with Crippen LogP contribution in [0.4, 0.5) is 0 Å². The zero-order valence-electron chi connectivity index (χ0n) is 13.3. The minimum absolute atomic E-state index is 0.989. The third-order valence-electron chi connectivity index (χ3n) is 4.03. The number of nitrogens with zero attached hydrogens (tertiary/aromatic N) is 1. The van der Waals surface area contributed by atoms with Gasteiger partial charge in [-0.25, -0.2) is 4.99 Å². The third kappa shape index (κ3) is 3.30. The first-order chi connectivity index (χ1) is 10.8. The molecule has 3 rings (SSSR count). The van der Waals surface area contributed by atoms with Crippen molar-refractivity contribution in [3.05, 3.63) is 64.9 Å². The van der Waals surface area contributed by atoms with Crippen LogP contribution in [0.15, 0.2) is 47.2 Å². The van der Waals surface area contributed by atoms with Crippen molar-refractivity contribution in [3.63, 3.8) is 0 Å². The smallest absolute Gasteiger partial charge is 0.0872 e. The summed E-state index contributed by atoms with van der Waals surface area (Å²) in [5, 5.41) is 0. The Morgan fingerprint density at radius 3 is 2.91 bits per heavy atom. The summed E-state index contributed by atoms with van der Waals surface area (Å²) in [6.45, 7) is 4.40. The molecule has 0 bridgehead atoms. The van der Waals surface area contributed by atoms with E-state index in [1.54, 1.807) is 0 Å². The van der Waals surface area contributed by atoms with Crippen molar-refractivity contribution in [2.45, 2.75) is 39.5 Å². The zero-order chi connectivity index (χ0) is 15.4. The minimum atomic E-state index is 0.989. The predicted octanol–water partition coefficient (Wildman–Crippen LogP) is 4.78. The summed E-state index contributed by atoms with van der Waals surface area (Å²) in [5.41, 5.74) is 6.88. The van der Waals surface area contributed by atoms with Crippen molar-refractivity contribution >= 4 is 11.8 Å². The van der Waals surface area contributed by atoms with Crippen molar-refractivity contribution in [2.75, 3.05) is 0 Å². The number of rotatable bonds is 6. The van der Waals surface area contributed by atoms with Crippen molar-refractivity contribution in [3.8, 4) is 0 Å². The number of unbranched alkanes of at least 4 members (excludes halogenated alkanes) is 2. The molecule has 0 atom stereocenters. The molecule has 2 N–H and O–H groups in total. The average Bonchev–Trinajstić information content (AvgIpc) is 3.21. The van der Waals surface area contributed by atoms with E-state index in [0.29, 0.717) is 0 Å². The van der Waals surface area contributed by atoms with Gasteiger partial charge in [0.25, 0.3) is 0 Å². The summed E-state index contributed by atoms with van der Waals surface area (Å²) in [6.07, 6.45) is 13.1. The van der Waals surface area contributed by atoms with E-state index in [9.17, 15) is 0 Å². The summed E-state index contributed by atoms with van der Waals surface area (Å²) >= 11 is 0. The number of aromatic amines is 2. The highest BCUT2D eigenvalue weighted by Crippen LogP contribution is 2.19. The molecule has 2 aromatic heterocycles. The molecule has 0 spiro atoms. The molecule has 0 radical (unpaired) electrons. The Kier molecular flexibility index (Phi) is 4.42. The molecule has 1 aliphatic rings. The van der Waals surface area contributed by atoms with Crippen LogP contribution in [0.25, 0.3) is 6.08 Å². The SMILES string of the molecule is CCCCCc1cc(C=C2C=CC(c3ccc[nH]3)=N2)[nH]c1C. The molecule has 0 unspecified atom stereocenters. The van der Waals surface area contributed by atoms with Crippen molar-refractivity contribution in [1.29, 1.82) is 0 Å². The summed E-state index contributed by atoms with van der Waals surface area (Å²) in [6, 6.07) is 6.29.